The summed E-state index contributed by atoms with van der Waals surface area (Å²) < 4.78 is 13.4. The Morgan fingerprint density at radius 2 is 1.92 bits per heavy atom. The number of carbonyl (C=O) groups excluding carboxylic acids is 1. The predicted molar refractivity (Wildman–Crippen MR) is 137 cm³/mol. The van der Waals surface area contributed by atoms with Crippen LogP contribution >= 0.6 is 22.9 Å². The largest absolute Gasteiger partial charge is 0.496 e. The number of carboxylic acids is 1. The van der Waals surface area contributed by atoms with Crippen LogP contribution in [0.2, 0.25) is 4.34 Å². The normalized spacial score (nSPS) is 13.0. The first kappa shape index (κ1) is 24.1. The number of hydrogen-bond donors (Lipinski definition) is 1. The summed E-state index contributed by atoms with van der Waals surface area (Å²) in [7, 11) is 2.79. The maximum absolute atomic E-state index is 13.4. The molecule has 1 aliphatic heterocycles. The number of aromatic nitrogens is 2. The van der Waals surface area contributed by atoms with Crippen LogP contribution in [0.5, 0.6) is 11.5 Å². The maximum Gasteiger partial charge on any atom is 0.343 e. The van der Waals surface area contributed by atoms with Crippen molar-refractivity contribution in [2.24, 2.45) is 0 Å². The maximum atomic E-state index is 13.4. The van der Waals surface area contributed by atoms with Gasteiger partial charge in [0, 0.05) is 28.7 Å². The van der Waals surface area contributed by atoms with E-state index in [2.05, 4.69) is 15.6 Å². The van der Waals surface area contributed by atoms with Crippen molar-refractivity contribution < 1.29 is 24.2 Å². The Morgan fingerprint density at radius 3 is 2.56 bits per heavy atom. The molecular weight excluding hydrogens is 502 g/mol. The second kappa shape index (κ2) is 9.83. The van der Waals surface area contributed by atoms with Crippen molar-refractivity contribution in [1.29, 1.82) is 0 Å². The second-order valence-electron chi connectivity index (χ2n) is 8.51. The molecule has 1 aromatic carbocycles. The minimum Gasteiger partial charge on any atom is -0.496 e. The SMILES string of the molecule is COc1cc(CC(=O)N2CCc3c(n(Cc4ccc(Cl)s4)c4ncccc34)C2)cc(OC)c1C(=O)O. The van der Waals surface area contributed by atoms with Gasteiger partial charge in [0.15, 0.2) is 0 Å². The molecule has 0 aliphatic carbocycles. The molecule has 1 aliphatic rings. The second-order valence-corrected chi connectivity index (χ2v) is 10.3. The molecule has 10 heteroatoms. The molecule has 0 unspecified atom stereocenters. The Morgan fingerprint density at radius 1 is 1.17 bits per heavy atom. The number of nitrogens with zero attached hydrogens (tertiary/aromatic N) is 3. The smallest absolute Gasteiger partial charge is 0.343 e. The van der Waals surface area contributed by atoms with Crippen molar-refractivity contribution >= 4 is 45.8 Å². The number of fused-ring (bicyclic) bond motifs is 3. The molecule has 0 radical (unpaired) electrons. The van der Waals surface area contributed by atoms with Crippen molar-refractivity contribution in [3.63, 3.8) is 0 Å². The molecule has 186 valence electrons. The first-order valence-corrected chi connectivity index (χ1v) is 12.5. The number of carboxylic acid groups (broad SMARTS) is 1. The summed E-state index contributed by atoms with van der Waals surface area (Å²) in [5, 5.41) is 10.6. The molecular formula is C26H24ClN3O5S. The Kier molecular flexibility index (Phi) is 6.59. The van der Waals surface area contributed by atoms with E-state index in [1.807, 2.05) is 23.1 Å². The number of amides is 1. The van der Waals surface area contributed by atoms with Gasteiger partial charge in [0.05, 0.1) is 38.1 Å². The van der Waals surface area contributed by atoms with E-state index in [9.17, 15) is 14.7 Å². The van der Waals surface area contributed by atoms with E-state index in [0.29, 0.717) is 25.2 Å². The molecule has 0 bridgehead atoms. The average Bonchev–Trinajstić information content (AvgIpc) is 3.43. The lowest BCUT2D eigenvalue weighted by molar-refractivity contribution is -0.131. The number of ether oxygens (including phenoxy) is 2. The molecule has 36 heavy (non-hydrogen) atoms. The summed E-state index contributed by atoms with van der Waals surface area (Å²) in [6.45, 7) is 1.69. The highest BCUT2D eigenvalue weighted by molar-refractivity contribution is 7.16. The van der Waals surface area contributed by atoms with Gasteiger partial charge in [-0.15, -0.1) is 11.3 Å². The fraction of sp³-hybridized carbons (Fsp3) is 0.269. The Labute approximate surface area is 216 Å². The third-order valence-electron chi connectivity index (χ3n) is 6.44. The highest BCUT2D eigenvalue weighted by Crippen LogP contribution is 2.34. The number of methoxy groups -OCH3 is 2. The summed E-state index contributed by atoms with van der Waals surface area (Å²) in [4.78, 5) is 32.6. The average molecular weight is 526 g/mol. The summed E-state index contributed by atoms with van der Waals surface area (Å²) in [6.07, 6.45) is 2.61. The van der Waals surface area contributed by atoms with Gasteiger partial charge in [-0.3, -0.25) is 4.79 Å². The molecule has 8 nitrogen and oxygen atoms in total. The Bertz CT molecular complexity index is 1450. The minimum absolute atomic E-state index is 0.0586. The van der Waals surface area contributed by atoms with E-state index >= 15 is 0 Å². The number of aromatic carboxylic acids is 1. The summed E-state index contributed by atoms with van der Waals surface area (Å²) in [5.41, 5.74) is 3.76. The van der Waals surface area contributed by atoms with Crippen molar-refractivity contribution in [2.45, 2.75) is 25.9 Å². The number of benzene rings is 1. The van der Waals surface area contributed by atoms with Crippen LogP contribution in [0.15, 0.2) is 42.6 Å². The fourth-order valence-corrected chi connectivity index (χ4v) is 5.88. The summed E-state index contributed by atoms with van der Waals surface area (Å²) in [6, 6.07) is 11.1. The molecule has 5 rings (SSSR count). The van der Waals surface area contributed by atoms with Crippen molar-refractivity contribution in [3.8, 4) is 11.5 Å². The van der Waals surface area contributed by atoms with E-state index in [0.717, 1.165) is 32.4 Å². The fourth-order valence-electron chi connectivity index (χ4n) is 4.80. The zero-order valence-corrected chi connectivity index (χ0v) is 21.4. The van der Waals surface area contributed by atoms with Crippen LogP contribution < -0.4 is 9.47 Å². The van der Waals surface area contributed by atoms with Crippen LogP contribution in [0.25, 0.3) is 11.0 Å². The van der Waals surface area contributed by atoms with Crippen LogP contribution in [-0.4, -0.2) is 52.2 Å². The molecule has 0 fully saturated rings. The molecule has 1 N–H and O–H groups in total. The first-order valence-electron chi connectivity index (χ1n) is 11.3. The number of halogens is 1. The zero-order chi connectivity index (χ0) is 25.4. The van der Waals surface area contributed by atoms with Crippen LogP contribution in [-0.2, 0) is 30.7 Å². The van der Waals surface area contributed by atoms with Gasteiger partial charge >= 0.3 is 5.97 Å². The molecule has 0 atom stereocenters. The van der Waals surface area contributed by atoms with Crippen LogP contribution in [0.3, 0.4) is 0 Å². The third kappa shape index (κ3) is 4.40. The van der Waals surface area contributed by atoms with Crippen molar-refractivity contribution in [1.82, 2.24) is 14.5 Å². The number of rotatable bonds is 7. The van der Waals surface area contributed by atoms with Crippen LogP contribution in [0, 0.1) is 0 Å². The number of thiophene rings is 1. The summed E-state index contributed by atoms with van der Waals surface area (Å²) >= 11 is 7.70. The first-order chi connectivity index (χ1) is 17.4. The van der Waals surface area contributed by atoms with Crippen LogP contribution in [0.4, 0.5) is 0 Å². The van der Waals surface area contributed by atoms with E-state index in [1.54, 1.807) is 18.3 Å². The number of pyridine rings is 1. The molecule has 0 saturated carbocycles. The third-order valence-corrected chi connectivity index (χ3v) is 7.66. The van der Waals surface area contributed by atoms with E-state index in [-0.39, 0.29) is 29.4 Å². The molecule has 0 spiro atoms. The highest BCUT2D eigenvalue weighted by Gasteiger charge is 2.28. The highest BCUT2D eigenvalue weighted by atomic mass is 35.5. The van der Waals surface area contributed by atoms with Gasteiger partial charge in [-0.1, -0.05) is 11.6 Å². The minimum atomic E-state index is -1.15. The van der Waals surface area contributed by atoms with Gasteiger partial charge in [-0.25, -0.2) is 9.78 Å². The predicted octanol–water partition coefficient (Wildman–Crippen LogP) is 4.64. The molecule has 4 heterocycles. The quantitative estimate of drug-likeness (QED) is 0.378. The number of hydrogen-bond acceptors (Lipinski definition) is 6. The Balaban J connectivity index is 1.44. The molecule has 4 aromatic rings. The van der Waals surface area contributed by atoms with E-state index in [1.165, 1.54) is 31.1 Å². The van der Waals surface area contributed by atoms with Gasteiger partial charge in [-0.2, -0.15) is 0 Å². The van der Waals surface area contributed by atoms with Gasteiger partial charge < -0.3 is 24.0 Å². The Hall–Kier alpha value is -3.56. The van der Waals surface area contributed by atoms with Gasteiger partial charge in [-0.05, 0) is 53.9 Å². The molecule has 3 aromatic heterocycles. The van der Waals surface area contributed by atoms with Crippen LogP contribution in [0.1, 0.15) is 32.1 Å². The van der Waals surface area contributed by atoms with Crippen molar-refractivity contribution in [2.75, 3.05) is 20.8 Å². The lowest BCUT2D eigenvalue weighted by atomic mass is 10.0. The van der Waals surface area contributed by atoms with E-state index < -0.39 is 5.97 Å². The van der Waals surface area contributed by atoms with Gasteiger partial charge in [0.25, 0.3) is 0 Å². The standard InChI is InChI=1S/C26H24ClN3O5S/c1-34-20-10-15(11-21(35-2)24(20)26(32)33)12-23(31)29-9-7-17-18-4-3-8-28-25(18)30(19(17)14-29)13-16-5-6-22(27)36-16/h3-6,8,10-11H,7,9,12-14H2,1-2H3,(H,32,33). The van der Waals surface area contributed by atoms with Gasteiger partial charge in [0.1, 0.15) is 22.7 Å². The summed E-state index contributed by atoms with van der Waals surface area (Å²) in [5.74, 6) is -0.895. The topological polar surface area (TPSA) is 93.9 Å². The zero-order valence-electron chi connectivity index (χ0n) is 19.8. The van der Waals surface area contributed by atoms with Crippen molar-refractivity contribution in [3.05, 3.63) is 74.2 Å². The van der Waals surface area contributed by atoms with Gasteiger partial charge in [0.2, 0.25) is 5.91 Å². The monoisotopic (exact) mass is 525 g/mol. The lowest BCUT2D eigenvalue weighted by Crippen LogP contribution is -2.37. The number of carbonyl (C=O) groups is 2. The molecule has 0 saturated heterocycles. The lowest BCUT2D eigenvalue weighted by Gasteiger charge is -2.29. The van der Waals surface area contributed by atoms with E-state index in [4.69, 9.17) is 21.1 Å². The molecule has 1 amide bonds.